The van der Waals surface area contributed by atoms with Gasteiger partial charge in [-0.25, -0.2) is 0 Å². The minimum Gasteiger partial charge on any atom is -0.469 e. The molecular weight excluding hydrogens is 166 g/mol. The van der Waals surface area contributed by atoms with Crippen LogP contribution in [0.15, 0.2) is 0 Å². The van der Waals surface area contributed by atoms with Crippen LogP contribution < -0.4 is 0 Å². The fourth-order valence-electron chi connectivity index (χ4n) is 1.32. The van der Waals surface area contributed by atoms with E-state index in [-0.39, 0.29) is 17.9 Å². The summed E-state index contributed by atoms with van der Waals surface area (Å²) in [6.45, 7) is 7.11. The maximum Gasteiger partial charge on any atom is 0.309 e. The zero-order valence-corrected chi connectivity index (χ0v) is 9.33. The topological polar surface area (TPSA) is 29.5 Å². The van der Waals surface area contributed by atoms with E-state index < -0.39 is 0 Å². The minimum absolute atomic E-state index is 0.0541. The monoisotopic (exact) mass is 187 g/mol. The third-order valence-electron chi connectivity index (χ3n) is 2.57. The van der Waals surface area contributed by atoms with Gasteiger partial charge in [-0.2, -0.15) is 0 Å². The van der Waals surface area contributed by atoms with Crippen molar-refractivity contribution in [2.24, 2.45) is 5.92 Å². The molecule has 0 amide bonds. The summed E-state index contributed by atoms with van der Waals surface area (Å²) in [4.78, 5) is 13.4. The summed E-state index contributed by atoms with van der Waals surface area (Å²) >= 11 is 0. The van der Waals surface area contributed by atoms with E-state index in [9.17, 15) is 4.79 Å². The zero-order chi connectivity index (χ0) is 10.4. The molecule has 13 heavy (non-hydrogen) atoms. The van der Waals surface area contributed by atoms with Gasteiger partial charge in [0, 0.05) is 6.04 Å². The van der Waals surface area contributed by atoms with Crippen molar-refractivity contribution in [2.45, 2.75) is 33.2 Å². The van der Waals surface area contributed by atoms with E-state index in [4.69, 9.17) is 4.74 Å². The molecule has 3 nitrogen and oxygen atoms in total. The van der Waals surface area contributed by atoms with Gasteiger partial charge >= 0.3 is 5.97 Å². The summed E-state index contributed by atoms with van der Waals surface area (Å²) in [5.41, 5.74) is 0. The van der Waals surface area contributed by atoms with Gasteiger partial charge in [0.1, 0.15) is 0 Å². The molecule has 0 radical (unpaired) electrons. The van der Waals surface area contributed by atoms with Gasteiger partial charge in [-0.3, -0.25) is 4.79 Å². The molecule has 0 fully saturated rings. The molecule has 0 aliphatic carbocycles. The highest BCUT2D eigenvalue weighted by Crippen LogP contribution is 2.10. The largest absolute Gasteiger partial charge is 0.469 e. The van der Waals surface area contributed by atoms with E-state index in [1.165, 1.54) is 7.11 Å². The summed E-state index contributed by atoms with van der Waals surface area (Å²) in [6.07, 6.45) is 1.11. The van der Waals surface area contributed by atoms with Crippen molar-refractivity contribution in [1.82, 2.24) is 4.90 Å². The summed E-state index contributed by atoms with van der Waals surface area (Å²) in [5.74, 6) is -0.183. The summed E-state index contributed by atoms with van der Waals surface area (Å²) < 4.78 is 4.70. The van der Waals surface area contributed by atoms with E-state index in [1.807, 2.05) is 14.0 Å². The first kappa shape index (κ1) is 12.4. The number of hydrogen-bond donors (Lipinski definition) is 0. The molecule has 0 aliphatic heterocycles. The first-order chi connectivity index (χ1) is 6.04. The Bertz CT molecular complexity index is 159. The summed E-state index contributed by atoms with van der Waals surface area (Å²) in [6, 6.07) is 0.243. The molecule has 78 valence electrons. The maximum atomic E-state index is 11.2. The number of methoxy groups -OCH3 is 1. The van der Waals surface area contributed by atoms with Crippen LogP contribution >= 0.6 is 0 Å². The molecule has 0 heterocycles. The van der Waals surface area contributed by atoms with Crippen LogP contribution in [0, 0.1) is 5.92 Å². The first-order valence-corrected chi connectivity index (χ1v) is 4.82. The molecule has 3 heteroatoms. The van der Waals surface area contributed by atoms with Crippen LogP contribution in [-0.2, 0) is 9.53 Å². The Morgan fingerprint density at radius 1 is 1.46 bits per heavy atom. The van der Waals surface area contributed by atoms with Gasteiger partial charge in [-0.1, -0.05) is 13.8 Å². The SMILES string of the molecule is CCCN(C)C(C)C(C)C(=O)OC. The van der Waals surface area contributed by atoms with Gasteiger partial charge in [-0.05, 0) is 26.9 Å². The molecule has 0 spiro atoms. The standard InChI is InChI=1S/C10H21NO2/c1-6-7-11(4)9(3)8(2)10(12)13-5/h8-9H,6-7H2,1-5H3. The van der Waals surface area contributed by atoms with Crippen molar-refractivity contribution in [2.75, 3.05) is 20.7 Å². The smallest absolute Gasteiger partial charge is 0.309 e. The number of rotatable bonds is 5. The number of carbonyl (C=O) groups is 1. The van der Waals surface area contributed by atoms with Crippen LogP contribution in [-0.4, -0.2) is 37.6 Å². The van der Waals surface area contributed by atoms with Crippen LogP contribution in [0.5, 0.6) is 0 Å². The Labute approximate surface area is 81.1 Å². The Morgan fingerprint density at radius 2 is 2.00 bits per heavy atom. The molecular formula is C10H21NO2. The second-order valence-electron chi connectivity index (χ2n) is 3.53. The Morgan fingerprint density at radius 3 is 2.38 bits per heavy atom. The fraction of sp³-hybridized carbons (Fsp3) is 0.900. The third kappa shape index (κ3) is 3.77. The van der Waals surface area contributed by atoms with E-state index >= 15 is 0 Å². The molecule has 0 N–H and O–H groups in total. The second-order valence-corrected chi connectivity index (χ2v) is 3.53. The number of carbonyl (C=O) groups excluding carboxylic acids is 1. The van der Waals surface area contributed by atoms with Gasteiger partial charge in [0.25, 0.3) is 0 Å². The average Bonchev–Trinajstić information content (AvgIpc) is 2.14. The van der Waals surface area contributed by atoms with Gasteiger partial charge < -0.3 is 9.64 Å². The molecule has 2 unspecified atom stereocenters. The van der Waals surface area contributed by atoms with Gasteiger partial charge in [-0.15, -0.1) is 0 Å². The van der Waals surface area contributed by atoms with Crippen molar-refractivity contribution in [1.29, 1.82) is 0 Å². The minimum atomic E-state index is -0.129. The van der Waals surface area contributed by atoms with Crippen LogP contribution in [0.1, 0.15) is 27.2 Å². The molecule has 0 aliphatic rings. The van der Waals surface area contributed by atoms with Gasteiger partial charge in [0.2, 0.25) is 0 Å². The summed E-state index contributed by atoms with van der Waals surface area (Å²) in [7, 11) is 3.47. The van der Waals surface area contributed by atoms with Crippen molar-refractivity contribution >= 4 is 5.97 Å². The summed E-state index contributed by atoms with van der Waals surface area (Å²) in [5, 5.41) is 0. The van der Waals surface area contributed by atoms with Crippen LogP contribution in [0.25, 0.3) is 0 Å². The molecule has 0 saturated carbocycles. The molecule has 0 rings (SSSR count). The molecule has 0 saturated heterocycles. The average molecular weight is 187 g/mol. The van der Waals surface area contributed by atoms with Crippen molar-refractivity contribution in [3.05, 3.63) is 0 Å². The quantitative estimate of drug-likeness (QED) is 0.611. The lowest BCUT2D eigenvalue weighted by Crippen LogP contribution is -2.38. The Hall–Kier alpha value is -0.570. The molecule has 0 aromatic carbocycles. The predicted molar refractivity (Wildman–Crippen MR) is 53.6 cm³/mol. The second kappa shape index (κ2) is 5.97. The van der Waals surface area contributed by atoms with Crippen LogP contribution in [0.3, 0.4) is 0 Å². The molecule has 0 bridgehead atoms. The van der Waals surface area contributed by atoms with Gasteiger partial charge in [0.05, 0.1) is 13.0 Å². The highest BCUT2D eigenvalue weighted by molar-refractivity contribution is 5.72. The third-order valence-corrected chi connectivity index (χ3v) is 2.57. The zero-order valence-electron chi connectivity index (χ0n) is 9.33. The number of esters is 1. The predicted octanol–water partition coefficient (Wildman–Crippen LogP) is 1.53. The van der Waals surface area contributed by atoms with Crippen molar-refractivity contribution in [3.63, 3.8) is 0 Å². The van der Waals surface area contributed by atoms with E-state index in [1.54, 1.807) is 0 Å². The highest BCUT2D eigenvalue weighted by Gasteiger charge is 2.23. The number of ether oxygens (including phenoxy) is 1. The lowest BCUT2D eigenvalue weighted by atomic mass is 10.0. The highest BCUT2D eigenvalue weighted by atomic mass is 16.5. The van der Waals surface area contributed by atoms with Crippen molar-refractivity contribution in [3.8, 4) is 0 Å². The van der Waals surface area contributed by atoms with Crippen LogP contribution in [0.4, 0.5) is 0 Å². The van der Waals surface area contributed by atoms with Gasteiger partial charge in [0.15, 0.2) is 0 Å². The van der Waals surface area contributed by atoms with Crippen molar-refractivity contribution < 1.29 is 9.53 Å². The van der Waals surface area contributed by atoms with E-state index in [0.717, 1.165) is 13.0 Å². The maximum absolute atomic E-state index is 11.2. The number of hydrogen-bond acceptors (Lipinski definition) is 3. The molecule has 0 aromatic rings. The Balaban J connectivity index is 4.07. The lowest BCUT2D eigenvalue weighted by Gasteiger charge is -2.27. The fourth-order valence-corrected chi connectivity index (χ4v) is 1.32. The van der Waals surface area contributed by atoms with E-state index in [0.29, 0.717) is 0 Å². The Kier molecular flexibility index (Phi) is 5.71. The first-order valence-electron chi connectivity index (χ1n) is 4.82. The molecule has 2 atom stereocenters. The normalized spacial score (nSPS) is 15.5. The lowest BCUT2D eigenvalue weighted by molar-refractivity contribution is -0.146. The van der Waals surface area contributed by atoms with E-state index in [2.05, 4.69) is 18.7 Å². The number of nitrogens with zero attached hydrogens (tertiary/aromatic N) is 1. The van der Waals surface area contributed by atoms with Crippen LogP contribution in [0.2, 0.25) is 0 Å². The molecule has 0 aromatic heterocycles.